The minimum atomic E-state index is -0.188. The van der Waals surface area contributed by atoms with Crippen LogP contribution in [0.15, 0.2) is 24.3 Å². The Bertz CT molecular complexity index is 423. The molecule has 0 saturated heterocycles. The van der Waals surface area contributed by atoms with Gasteiger partial charge in [-0.3, -0.25) is 4.79 Å². The molecule has 0 fully saturated rings. The first-order valence-corrected chi connectivity index (χ1v) is 5.73. The van der Waals surface area contributed by atoms with E-state index < -0.39 is 0 Å². The lowest BCUT2D eigenvalue weighted by Crippen LogP contribution is -2.29. The molecule has 17 heavy (non-hydrogen) atoms. The van der Waals surface area contributed by atoms with E-state index in [2.05, 4.69) is 5.32 Å². The fourth-order valence-electron chi connectivity index (χ4n) is 1.63. The highest BCUT2D eigenvalue weighted by Crippen LogP contribution is 2.15. The molecule has 0 aliphatic heterocycles. The smallest absolute Gasteiger partial charge is 0.228 e. The number of rotatable bonds is 5. The van der Waals surface area contributed by atoms with Crippen LogP contribution in [0.4, 0.5) is 5.69 Å². The molecule has 1 amide bonds. The van der Waals surface area contributed by atoms with Crippen LogP contribution in [0.2, 0.25) is 0 Å². The van der Waals surface area contributed by atoms with Crippen molar-refractivity contribution >= 4 is 11.6 Å². The standard InChI is InChI=1S/C13H17N3O/c1-2-5-11(9-15)13(17)16-12-7-4-3-6-10(12)8-14/h3-4,6-7,11H,2,5,9,15H2,1H3,(H,16,17). The number of hydrogen-bond acceptors (Lipinski definition) is 3. The summed E-state index contributed by atoms with van der Waals surface area (Å²) in [4.78, 5) is 11.9. The number of nitrogens with two attached hydrogens (primary N) is 1. The SMILES string of the molecule is CCCC(CN)C(=O)Nc1ccccc1C#N. The topological polar surface area (TPSA) is 78.9 Å². The number of carbonyl (C=O) groups excluding carboxylic acids is 1. The summed E-state index contributed by atoms with van der Waals surface area (Å²) in [6.45, 7) is 2.34. The zero-order valence-corrected chi connectivity index (χ0v) is 9.94. The van der Waals surface area contributed by atoms with E-state index in [1.165, 1.54) is 0 Å². The van der Waals surface area contributed by atoms with Gasteiger partial charge < -0.3 is 11.1 Å². The fraction of sp³-hybridized carbons (Fsp3) is 0.385. The third-order valence-corrected chi connectivity index (χ3v) is 2.60. The number of benzene rings is 1. The second-order valence-electron chi connectivity index (χ2n) is 3.87. The minimum absolute atomic E-state index is 0.114. The largest absolute Gasteiger partial charge is 0.330 e. The summed E-state index contributed by atoms with van der Waals surface area (Å²) in [5.41, 5.74) is 6.57. The van der Waals surface area contributed by atoms with Crippen molar-refractivity contribution in [2.45, 2.75) is 19.8 Å². The minimum Gasteiger partial charge on any atom is -0.330 e. The summed E-state index contributed by atoms with van der Waals surface area (Å²) in [6, 6.07) is 8.99. The quantitative estimate of drug-likeness (QED) is 0.812. The van der Waals surface area contributed by atoms with Crippen LogP contribution in [0.3, 0.4) is 0 Å². The average molecular weight is 231 g/mol. The second-order valence-corrected chi connectivity index (χ2v) is 3.87. The van der Waals surface area contributed by atoms with E-state index in [4.69, 9.17) is 11.0 Å². The Morgan fingerprint density at radius 3 is 2.82 bits per heavy atom. The van der Waals surface area contributed by atoms with Crippen molar-refractivity contribution in [1.82, 2.24) is 0 Å². The van der Waals surface area contributed by atoms with E-state index in [0.717, 1.165) is 12.8 Å². The summed E-state index contributed by atoms with van der Waals surface area (Å²) in [6.07, 6.45) is 1.67. The highest BCUT2D eigenvalue weighted by atomic mass is 16.1. The van der Waals surface area contributed by atoms with Crippen molar-refractivity contribution in [3.05, 3.63) is 29.8 Å². The summed E-state index contributed by atoms with van der Waals surface area (Å²) in [5.74, 6) is -0.302. The fourth-order valence-corrected chi connectivity index (χ4v) is 1.63. The Kier molecular flexibility index (Phi) is 5.18. The normalized spacial score (nSPS) is 11.6. The van der Waals surface area contributed by atoms with Crippen molar-refractivity contribution in [3.8, 4) is 6.07 Å². The van der Waals surface area contributed by atoms with Crippen LogP contribution in [0, 0.1) is 17.2 Å². The monoisotopic (exact) mass is 231 g/mol. The first kappa shape index (κ1) is 13.2. The molecule has 1 atom stereocenters. The van der Waals surface area contributed by atoms with Crippen molar-refractivity contribution in [2.75, 3.05) is 11.9 Å². The van der Waals surface area contributed by atoms with E-state index in [1.807, 2.05) is 13.0 Å². The maximum atomic E-state index is 11.9. The Hall–Kier alpha value is -1.86. The Morgan fingerprint density at radius 1 is 1.53 bits per heavy atom. The number of nitrogens with one attached hydrogen (secondary N) is 1. The number of carbonyl (C=O) groups is 1. The molecule has 0 aliphatic carbocycles. The highest BCUT2D eigenvalue weighted by Gasteiger charge is 2.16. The number of nitrogens with zero attached hydrogens (tertiary/aromatic N) is 1. The molecule has 0 aromatic heterocycles. The molecule has 0 radical (unpaired) electrons. The van der Waals surface area contributed by atoms with Gasteiger partial charge in [-0.15, -0.1) is 0 Å². The van der Waals surface area contributed by atoms with Crippen LogP contribution >= 0.6 is 0 Å². The molecule has 0 saturated carbocycles. The van der Waals surface area contributed by atoms with Gasteiger partial charge in [0.1, 0.15) is 6.07 Å². The number of anilines is 1. The molecule has 1 unspecified atom stereocenters. The highest BCUT2D eigenvalue weighted by molar-refractivity contribution is 5.93. The van der Waals surface area contributed by atoms with Gasteiger partial charge in [0.15, 0.2) is 0 Å². The first-order chi connectivity index (χ1) is 8.22. The predicted octanol–water partition coefficient (Wildman–Crippen LogP) is 1.87. The lowest BCUT2D eigenvalue weighted by atomic mass is 10.0. The summed E-state index contributed by atoms with van der Waals surface area (Å²) in [7, 11) is 0. The molecule has 1 aromatic carbocycles. The molecule has 0 aliphatic rings. The van der Waals surface area contributed by atoms with E-state index in [9.17, 15) is 4.79 Å². The van der Waals surface area contributed by atoms with Gasteiger partial charge in [0.05, 0.1) is 17.2 Å². The van der Waals surface area contributed by atoms with Crippen LogP contribution in [0.25, 0.3) is 0 Å². The van der Waals surface area contributed by atoms with Crippen LogP contribution in [0.5, 0.6) is 0 Å². The molecular formula is C13H17N3O. The molecule has 4 nitrogen and oxygen atoms in total. The van der Waals surface area contributed by atoms with Gasteiger partial charge in [-0.1, -0.05) is 25.5 Å². The Balaban J connectivity index is 2.77. The van der Waals surface area contributed by atoms with Crippen molar-refractivity contribution in [2.24, 2.45) is 11.7 Å². The molecular weight excluding hydrogens is 214 g/mol. The molecule has 3 N–H and O–H groups in total. The van der Waals surface area contributed by atoms with Gasteiger partial charge in [0.2, 0.25) is 5.91 Å². The lowest BCUT2D eigenvalue weighted by molar-refractivity contribution is -0.119. The molecule has 1 aromatic rings. The summed E-state index contributed by atoms with van der Waals surface area (Å²) in [5, 5.41) is 11.7. The molecule has 4 heteroatoms. The average Bonchev–Trinajstić information content (AvgIpc) is 2.36. The van der Waals surface area contributed by atoms with Crippen molar-refractivity contribution in [1.29, 1.82) is 5.26 Å². The van der Waals surface area contributed by atoms with Crippen molar-refractivity contribution < 1.29 is 4.79 Å². The first-order valence-electron chi connectivity index (χ1n) is 5.73. The van der Waals surface area contributed by atoms with Gasteiger partial charge in [-0.2, -0.15) is 5.26 Å². The molecule has 0 heterocycles. The summed E-state index contributed by atoms with van der Waals surface area (Å²) < 4.78 is 0. The third-order valence-electron chi connectivity index (χ3n) is 2.60. The van der Waals surface area contributed by atoms with E-state index in [-0.39, 0.29) is 11.8 Å². The third kappa shape index (κ3) is 3.58. The van der Waals surface area contributed by atoms with Crippen LogP contribution in [0.1, 0.15) is 25.3 Å². The van der Waals surface area contributed by atoms with Crippen LogP contribution in [-0.4, -0.2) is 12.5 Å². The lowest BCUT2D eigenvalue weighted by Gasteiger charge is -2.14. The van der Waals surface area contributed by atoms with Gasteiger partial charge in [-0.25, -0.2) is 0 Å². The van der Waals surface area contributed by atoms with E-state index in [1.54, 1.807) is 24.3 Å². The maximum absolute atomic E-state index is 11.9. The van der Waals surface area contributed by atoms with Gasteiger partial charge in [-0.05, 0) is 18.6 Å². The number of hydrogen-bond donors (Lipinski definition) is 2. The molecule has 1 rings (SSSR count). The number of nitriles is 1. The zero-order chi connectivity index (χ0) is 12.7. The van der Waals surface area contributed by atoms with E-state index in [0.29, 0.717) is 17.8 Å². The Morgan fingerprint density at radius 2 is 2.24 bits per heavy atom. The second kappa shape index (κ2) is 6.66. The molecule has 0 spiro atoms. The van der Waals surface area contributed by atoms with Gasteiger partial charge in [0, 0.05) is 6.54 Å². The van der Waals surface area contributed by atoms with Gasteiger partial charge in [0.25, 0.3) is 0 Å². The molecule has 90 valence electrons. The van der Waals surface area contributed by atoms with Crippen LogP contribution in [-0.2, 0) is 4.79 Å². The van der Waals surface area contributed by atoms with Crippen molar-refractivity contribution in [3.63, 3.8) is 0 Å². The Labute approximate surface area is 101 Å². The number of amides is 1. The zero-order valence-electron chi connectivity index (χ0n) is 9.94. The maximum Gasteiger partial charge on any atom is 0.228 e. The van der Waals surface area contributed by atoms with E-state index >= 15 is 0 Å². The van der Waals surface area contributed by atoms with Gasteiger partial charge >= 0.3 is 0 Å². The van der Waals surface area contributed by atoms with Crippen LogP contribution < -0.4 is 11.1 Å². The summed E-state index contributed by atoms with van der Waals surface area (Å²) >= 11 is 0. The molecule has 0 bridgehead atoms. The number of para-hydroxylation sites is 1. The predicted molar refractivity (Wildman–Crippen MR) is 67.2 cm³/mol.